The van der Waals surface area contributed by atoms with Crippen LogP contribution >= 0.6 is 11.8 Å². The van der Waals surface area contributed by atoms with Crippen molar-refractivity contribution >= 4 is 23.8 Å². The van der Waals surface area contributed by atoms with Gasteiger partial charge in [-0.1, -0.05) is 18.7 Å². The molecule has 0 aromatic carbocycles. The molecule has 0 aromatic heterocycles. The van der Waals surface area contributed by atoms with Crippen molar-refractivity contribution in [2.24, 2.45) is 0 Å². The third-order valence-electron chi connectivity index (χ3n) is 2.27. The molecule has 0 aliphatic heterocycles. The van der Waals surface area contributed by atoms with Crippen molar-refractivity contribution in [1.82, 2.24) is 15.5 Å². The third kappa shape index (κ3) is 9.11. The lowest BCUT2D eigenvalue weighted by atomic mass is 10.3. The summed E-state index contributed by atoms with van der Waals surface area (Å²) in [5, 5.41) is 15.3. The first-order valence-corrected chi connectivity index (χ1v) is 6.53. The Morgan fingerprint density at radius 1 is 1.47 bits per heavy atom. The van der Waals surface area contributed by atoms with Gasteiger partial charge >= 0.3 is 0 Å². The molecule has 6 nitrogen and oxygen atoms in total. The fraction of sp³-hybridized carbons (Fsp3) is 0.800. The Morgan fingerprint density at radius 2 is 2.18 bits per heavy atom. The molecule has 0 radical (unpaired) electrons. The van der Waals surface area contributed by atoms with Crippen LogP contribution in [0.3, 0.4) is 0 Å². The van der Waals surface area contributed by atoms with E-state index in [1.807, 2.05) is 18.9 Å². The molecule has 0 fully saturated rings. The molecular formula is C10H21N3O3S. The van der Waals surface area contributed by atoms with Gasteiger partial charge in [0, 0.05) is 24.9 Å². The largest absolute Gasteiger partial charge is 0.377 e. The van der Waals surface area contributed by atoms with Crippen LogP contribution in [0.25, 0.3) is 0 Å². The highest BCUT2D eigenvalue weighted by Crippen LogP contribution is 1.99. The predicted molar refractivity (Wildman–Crippen MR) is 69.4 cm³/mol. The van der Waals surface area contributed by atoms with Crippen LogP contribution in [-0.2, 0) is 9.59 Å². The summed E-state index contributed by atoms with van der Waals surface area (Å²) in [6.45, 7) is 3.73. The number of carbonyl (C=O) groups excluding carboxylic acids is 2. The topological polar surface area (TPSA) is 81.7 Å². The van der Waals surface area contributed by atoms with Crippen molar-refractivity contribution in [1.29, 1.82) is 0 Å². The number of rotatable bonds is 11. The Labute approximate surface area is 106 Å². The van der Waals surface area contributed by atoms with Gasteiger partial charge in [-0.3, -0.25) is 14.9 Å². The fourth-order valence-electron chi connectivity index (χ4n) is 1.26. The lowest BCUT2D eigenvalue weighted by Gasteiger charge is -2.24. The van der Waals surface area contributed by atoms with Crippen LogP contribution in [0.2, 0.25) is 0 Å². The van der Waals surface area contributed by atoms with Crippen LogP contribution < -0.4 is 10.6 Å². The van der Waals surface area contributed by atoms with Crippen LogP contribution in [0.15, 0.2) is 0 Å². The number of aliphatic hydroxyl groups is 1. The summed E-state index contributed by atoms with van der Waals surface area (Å²) in [7, 11) is 1.91. The van der Waals surface area contributed by atoms with Crippen molar-refractivity contribution in [2.45, 2.75) is 19.2 Å². The van der Waals surface area contributed by atoms with E-state index in [0.717, 1.165) is 23.9 Å². The van der Waals surface area contributed by atoms with E-state index in [0.29, 0.717) is 25.3 Å². The van der Waals surface area contributed by atoms with Gasteiger partial charge in [-0.05, 0) is 13.6 Å². The molecule has 100 valence electrons. The second-order valence-corrected chi connectivity index (χ2v) is 4.55. The number of nitrogens with one attached hydrogen (secondary N) is 2. The fourth-order valence-corrected chi connectivity index (χ4v) is 1.79. The number of amides is 1. The summed E-state index contributed by atoms with van der Waals surface area (Å²) in [6, 6.07) is -0.129. The summed E-state index contributed by atoms with van der Waals surface area (Å²) in [5.41, 5.74) is 0.750. The Bertz CT molecular complexity index is 207. The number of thioether (sulfide) groups is 1. The molecule has 3 N–H and O–H groups in total. The zero-order valence-electron chi connectivity index (χ0n) is 10.3. The van der Waals surface area contributed by atoms with E-state index < -0.39 is 6.23 Å². The van der Waals surface area contributed by atoms with Crippen LogP contribution in [0, 0.1) is 0 Å². The second kappa shape index (κ2) is 10.5. The Kier molecular flexibility index (Phi) is 10.1. The van der Waals surface area contributed by atoms with E-state index in [1.165, 1.54) is 0 Å². The first kappa shape index (κ1) is 16.4. The molecule has 0 saturated heterocycles. The number of hydrogen-bond acceptors (Lipinski definition) is 6. The molecular weight excluding hydrogens is 242 g/mol. The number of aliphatic hydroxyl groups excluding tert-OH is 1. The maximum Gasteiger partial charge on any atom is 0.207 e. The summed E-state index contributed by atoms with van der Waals surface area (Å²) in [5.74, 6) is 0.511. The van der Waals surface area contributed by atoms with Crippen LogP contribution in [-0.4, -0.2) is 66.7 Å². The zero-order valence-corrected chi connectivity index (χ0v) is 11.1. The van der Waals surface area contributed by atoms with Gasteiger partial charge < -0.3 is 15.3 Å². The second-order valence-electron chi connectivity index (χ2n) is 3.69. The molecule has 0 heterocycles. The number of likely N-dealkylation sites (N-methyl/N-ethyl adjacent to an activating group) is 1. The van der Waals surface area contributed by atoms with Crippen LogP contribution in [0.4, 0.5) is 0 Å². The van der Waals surface area contributed by atoms with E-state index in [9.17, 15) is 14.7 Å². The van der Waals surface area contributed by atoms with E-state index in [-0.39, 0.29) is 6.04 Å². The summed E-state index contributed by atoms with van der Waals surface area (Å²) in [6.07, 6.45) is -0.0733. The van der Waals surface area contributed by atoms with E-state index in [2.05, 4.69) is 10.6 Å². The van der Waals surface area contributed by atoms with Gasteiger partial charge in [0.05, 0.1) is 0 Å². The molecule has 0 bridgehead atoms. The Balaban J connectivity index is 4.00. The highest BCUT2D eigenvalue weighted by Gasteiger charge is 2.14. The molecule has 2 unspecified atom stereocenters. The maximum atomic E-state index is 10.3. The van der Waals surface area contributed by atoms with Gasteiger partial charge in [0.1, 0.15) is 6.23 Å². The summed E-state index contributed by atoms with van der Waals surface area (Å²) >= 11 is 1.11. The number of carbonyl (C=O) groups is 2. The molecule has 0 saturated carbocycles. The van der Waals surface area contributed by atoms with Gasteiger partial charge in [-0.25, -0.2) is 0 Å². The molecule has 0 spiro atoms. The molecule has 0 aromatic rings. The quantitative estimate of drug-likeness (QED) is 0.324. The molecule has 17 heavy (non-hydrogen) atoms. The van der Waals surface area contributed by atoms with Gasteiger partial charge in [0.2, 0.25) is 6.41 Å². The average Bonchev–Trinajstić information content (AvgIpc) is 2.32. The minimum absolute atomic E-state index is 0.129. The zero-order chi connectivity index (χ0) is 13.1. The summed E-state index contributed by atoms with van der Waals surface area (Å²) in [4.78, 5) is 22.4. The first-order chi connectivity index (χ1) is 8.13. The van der Waals surface area contributed by atoms with Crippen molar-refractivity contribution in [2.75, 3.05) is 32.4 Å². The lowest BCUT2D eigenvalue weighted by molar-refractivity contribution is -0.109. The SMILES string of the molecule is CCN(C)CC(O)NC(CNC=O)CSC=O. The minimum Gasteiger partial charge on any atom is -0.377 e. The van der Waals surface area contributed by atoms with E-state index in [4.69, 9.17) is 0 Å². The highest BCUT2D eigenvalue weighted by atomic mass is 32.2. The summed E-state index contributed by atoms with van der Waals surface area (Å²) < 4.78 is 0. The molecule has 0 aliphatic carbocycles. The molecule has 1 amide bonds. The van der Waals surface area contributed by atoms with Crippen LogP contribution in [0.1, 0.15) is 6.92 Å². The van der Waals surface area contributed by atoms with Gasteiger partial charge in [0.15, 0.2) is 5.62 Å². The van der Waals surface area contributed by atoms with Gasteiger partial charge in [-0.2, -0.15) is 0 Å². The molecule has 2 atom stereocenters. The number of nitrogens with zero attached hydrogens (tertiary/aromatic N) is 1. The molecule has 0 aliphatic rings. The van der Waals surface area contributed by atoms with Crippen molar-refractivity contribution < 1.29 is 14.7 Å². The van der Waals surface area contributed by atoms with Gasteiger partial charge in [-0.15, -0.1) is 0 Å². The monoisotopic (exact) mass is 263 g/mol. The number of hydrogen-bond donors (Lipinski definition) is 3. The first-order valence-electron chi connectivity index (χ1n) is 5.49. The Morgan fingerprint density at radius 3 is 2.71 bits per heavy atom. The maximum absolute atomic E-state index is 10.3. The van der Waals surface area contributed by atoms with E-state index >= 15 is 0 Å². The van der Waals surface area contributed by atoms with Gasteiger partial charge in [0.25, 0.3) is 0 Å². The molecule has 0 rings (SSSR count). The van der Waals surface area contributed by atoms with E-state index in [1.54, 1.807) is 0 Å². The Hall–Kier alpha value is -0.630. The van der Waals surface area contributed by atoms with Crippen molar-refractivity contribution in [3.63, 3.8) is 0 Å². The van der Waals surface area contributed by atoms with Crippen molar-refractivity contribution in [3.8, 4) is 0 Å². The minimum atomic E-state index is -0.675. The highest BCUT2D eigenvalue weighted by molar-refractivity contribution is 8.11. The normalized spacial score (nSPS) is 14.4. The van der Waals surface area contributed by atoms with Crippen molar-refractivity contribution in [3.05, 3.63) is 0 Å². The molecule has 7 heteroatoms. The third-order valence-corrected chi connectivity index (χ3v) is 3.00. The average molecular weight is 263 g/mol. The predicted octanol–water partition coefficient (Wildman–Crippen LogP) is -1.12. The van der Waals surface area contributed by atoms with Crippen LogP contribution in [0.5, 0.6) is 0 Å². The smallest absolute Gasteiger partial charge is 0.207 e. The lowest BCUT2D eigenvalue weighted by Crippen LogP contribution is -2.49. The standard InChI is InChI=1S/C10H21N3O3S/c1-3-13(2)5-10(16)12-9(4-11-7-14)6-17-8-15/h7-10,12,16H,3-6H2,1-2H3,(H,11,14).